The van der Waals surface area contributed by atoms with Gasteiger partial charge in [-0.1, -0.05) is 13.0 Å². The summed E-state index contributed by atoms with van der Waals surface area (Å²) in [5.41, 5.74) is 1.97. The highest BCUT2D eigenvalue weighted by molar-refractivity contribution is 6.13. The average molecular weight is 231 g/mol. The van der Waals surface area contributed by atoms with E-state index >= 15 is 0 Å². The minimum absolute atomic E-state index is 0.0720. The van der Waals surface area contributed by atoms with Gasteiger partial charge in [-0.25, -0.2) is 4.79 Å². The molecule has 88 valence electrons. The Hall–Kier alpha value is -2.10. The third-order valence-electron chi connectivity index (χ3n) is 2.84. The number of aromatic carboxylic acids is 1. The Morgan fingerprint density at radius 1 is 1.35 bits per heavy atom. The lowest BCUT2D eigenvalue weighted by Gasteiger charge is -1.98. The van der Waals surface area contributed by atoms with Crippen molar-refractivity contribution in [1.82, 2.24) is 4.98 Å². The van der Waals surface area contributed by atoms with E-state index in [4.69, 9.17) is 0 Å². The molecule has 0 saturated heterocycles. The number of rotatable bonds is 3. The number of aromatic nitrogens is 1. The van der Waals surface area contributed by atoms with Gasteiger partial charge < -0.3 is 10.1 Å². The number of hydrogen-bond donors (Lipinski definition) is 2. The summed E-state index contributed by atoms with van der Waals surface area (Å²) in [4.78, 5) is 25.5. The van der Waals surface area contributed by atoms with Crippen LogP contribution in [0.5, 0.6) is 0 Å². The van der Waals surface area contributed by atoms with Gasteiger partial charge in [-0.2, -0.15) is 0 Å². The number of Topliss-reactive ketones (excluding diaryl/α,β-unsaturated/α-hetero) is 1. The molecular formula is C13H13NO3. The SMILES string of the molecule is CCc1ccc2[nH]c(C(C)=O)c(C(=O)O)c2c1. The van der Waals surface area contributed by atoms with E-state index in [0.717, 1.165) is 12.0 Å². The van der Waals surface area contributed by atoms with E-state index in [1.54, 1.807) is 0 Å². The molecule has 2 rings (SSSR count). The quantitative estimate of drug-likeness (QED) is 0.798. The van der Waals surface area contributed by atoms with Gasteiger partial charge in [0.05, 0.1) is 11.3 Å². The first-order valence-corrected chi connectivity index (χ1v) is 5.43. The van der Waals surface area contributed by atoms with Crippen molar-refractivity contribution in [2.24, 2.45) is 0 Å². The zero-order valence-electron chi connectivity index (χ0n) is 9.70. The fraction of sp³-hybridized carbons (Fsp3) is 0.231. The van der Waals surface area contributed by atoms with E-state index in [9.17, 15) is 14.7 Å². The fourth-order valence-corrected chi connectivity index (χ4v) is 1.95. The first kappa shape index (κ1) is 11.4. The highest BCUT2D eigenvalue weighted by Crippen LogP contribution is 2.24. The maximum atomic E-state index is 11.4. The van der Waals surface area contributed by atoms with Crippen LogP contribution in [-0.4, -0.2) is 21.8 Å². The molecule has 1 heterocycles. The second-order valence-electron chi connectivity index (χ2n) is 3.97. The molecule has 0 unspecified atom stereocenters. The molecule has 0 radical (unpaired) electrons. The molecule has 0 atom stereocenters. The largest absolute Gasteiger partial charge is 0.478 e. The summed E-state index contributed by atoms with van der Waals surface area (Å²) in [5.74, 6) is -1.34. The van der Waals surface area contributed by atoms with Gasteiger partial charge >= 0.3 is 5.97 Å². The van der Waals surface area contributed by atoms with Crippen LogP contribution in [0.4, 0.5) is 0 Å². The van der Waals surface area contributed by atoms with Crippen molar-refractivity contribution in [3.63, 3.8) is 0 Å². The number of H-pyrrole nitrogens is 1. The topological polar surface area (TPSA) is 70.2 Å². The van der Waals surface area contributed by atoms with E-state index < -0.39 is 5.97 Å². The first-order chi connectivity index (χ1) is 8.04. The van der Waals surface area contributed by atoms with Crippen molar-refractivity contribution < 1.29 is 14.7 Å². The van der Waals surface area contributed by atoms with Crippen LogP contribution in [0.1, 0.15) is 40.3 Å². The van der Waals surface area contributed by atoms with Gasteiger partial charge in [-0.05, 0) is 24.1 Å². The molecule has 0 aliphatic carbocycles. The predicted molar refractivity (Wildman–Crippen MR) is 64.6 cm³/mol. The number of ketones is 1. The summed E-state index contributed by atoms with van der Waals surface area (Å²) in [7, 11) is 0. The van der Waals surface area contributed by atoms with Crippen molar-refractivity contribution in [3.05, 3.63) is 35.0 Å². The highest BCUT2D eigenvalue weighted by Gasteiger charge is 2.20. The number of hydrogen-bond acceptors (Lipinski definition) is 2. The number of benzene rings is 1. The van der Waals surface area contributed by atoms with Gasteiger partial charge in [0.1, 0.15) is 0 Å². The number of carbonyl (C=O) groups is 2. The lowest BCUT2D eigenvalue weighted by atomic mass is 10.1. The van der Waals surface area contributed by atoms with E-state index in [0.29, 0.717) is 10.9 Å². The lowest BCUT2D eigenvalue weighted by molar-refractivity contribution is 0.0694. The van der Waals surface area contributed by atoms with E-state index in [1.165, 1.54) is 6.92 Å². The molecule has 0 fully saturated rings. The van der Waals surface area contributed by atoms with Gasteiger partial charge in [0.15, 0.2) is 5.78 Å². The molecule has 4 heteroatoms. The number of aromatic amines is 1. The van der Waals surface area contributed by atoms with Crippen molar-refractivity contribution in [2.75, 3.05) is 0 Å². The average Bonchev–Trinajstić information content (AvgIpc) is 2.66. The molecule has 1 aromatic carbocycles. The zero-order valence-corrected chi connectivity index (χ0v) is 9.70. The Morgan fingerprint density at radius 2 is 2.06 bits per heavy atom. The Labute approximate surface area is 98.3 Å². The summed E-state index contributed by atoms with van der Waals surface area (Å²) in [6.45, 7) is 3.36. The first-order valence-electron chi connectivity index (χ1n) is 5.43. The number of nitrogens with one attached hydrogen (secondary N) is 1. The van der Waals surface area contributed by atoms with Crippen molar-refractivity contribution in [1.29, 1.82) is 0 Å². The maximum Gasteiger partial charge on any atom is 0.338 e. The number of aryl methyl sites for hydroxylation is 1. The molecule has 0 aliphatic rings. The Bertz CT molecular complexity index is 610. The van der Waals surface area contributed by atoms with E-state index in [2.05, 4.69) is 4.98 Å². The molecule has 0 aliphatic heterocycles. The molecule has 17 heavy (non-hydrogen) atoms. The smallest absolute Gasteiger partial charge is 0.338 e. The summed E-state index contributed by atoms with van der Waals surface area (Å²) in [5, 5.41) is 9.79. The van der Waals surface area contributed by atoms with Crippen LogP contribution in [0.2, 0.25) is 0 Å². The molecule has 0 spiro atoms. The van der Waals surface area contributed by atoms with Crippen LogP contribution < -0.4 is 0 Å². The van der Waals surface area contributed by atoms with Gasteiger partial charge in [-0.3, -0.25) is 4.79 Å². The third kappa shape index (κ3) is 1.82. The summed E-state index contributed by atoms with van der Waals surface area (Å²) < 4.78 is 0. The number of carboxylic acid groups (broad SMARTS) is 1. The van der Waals surface area contributed by atoms with E-state index in [1.807, 2.05) is 25.1 Å². The summed E-state index contributed by atoms with van der Waals surface area (Å²) in [6.07, 6.45) is 0.829. The van der Waals surface area contributed by atoms with E-state index in [-0.39, 0.29) is 17.0 Å². The Morgan fingerprint density at radius 3 is 2.59 bits per heavy atom. The number of fused-ring (bicyclic) bond motifs is 1. The van der Waals surface area contributed by atoms with Gasteiger partial charge in [0.25, 0.3) is 0 Å². The molecule has 0 amide bonds. The molecular weight excluding hydrogens is 218 g/mol. The van der Waals surface area contributed by atoms with Crippen molar-refractivity contribution in [2.45, 2.75) is 20.3 Å². The number of carboxylic acids is 1. The molecule has 2 aromatic rings. The Kier molecular flexibility index (Phi) is 2.71. The van der Waals surface area contributed by atoms with Gasteiger partial charge in [0, 0.05) is 17.8 Å². The van der Waals surface area contributed by atoms with Gasteiger partial charge in [-0.15, -0.1) is 0 Å². The molecule has 0 bridgehead atoms. The highest BCUT2D eigenvalue weighted by atomic mass is 16.4. The van der Waals surface area contributed by atoms with Crippen LogP contribution in [0.15, 0.2) is 18.2 Å². The number of carbonyl (C=O) groups excluding carboxylic acids is 1. The van der Waals surface area contributed by atoms with Gasteiger partial charge in [0.2, 0.25) is 0 Å². The standard InChI is InChI=1S/C13H13NO3/c1-3-8-4-5-10-9(6-8)11(13(16)17)12(14-10)7(2)15/h4-6,14H,3H2,1-2H3,(H,16,17). The normalized spacial score (nSPS) is 10.7. The Balaban J connectivity index is 2.81. The fourth-order valence-electron chi connectivity index (χ4n) is 1.95. The van der Waals surface area contributed by atoms with Crippen molar-refractivity contribution >= 4 is 22.7 Å². The summed E-state index contributed by atoms with van der Waals surface area (Å²) in [6, 6.07) is 5.56. The molecule has 1 aromatic heterocycles. The van der Waals surface area contributed by atoms with Crippen LogP contribution in [0, 0.1) is 0 Å². The van der Waals surface area contributed by atoms with Crippen LogP contribution in [-0.2, 0) is 6.42 Å². The second-order valence-corrected chi connectivity index (χ2v) is 3.97. The zero-order chi connectivity index (χ0) is 12.6. The molecule has 4 nitrogen and oxygen atoms in total. The minimum atomic E-state index is -1.07. The second kappa shape index (κ2) is 4.05. The van der Waals surface area contributed by atoms with Crippen molar-refractivity contribution in [3.8, 4) is 0 Å². The third-order valence-corrected chi connectivity index (χ3v) is 2.84. The van der Waals surface area contributed by atoms with Crippen LogP contribution in [0.3, 0.4) is 0 Å². The summed E-state index contributed by atoms with van der Waals surface area (Å²) >= 11 is 0. The van der Waals surface area contributed by atoms with Crippen LogP contribution in [0.25, 0.3) is 10.9 Å². The lowest BCUT2D eigenvalue weighted by Crippen LogP contribution is -2.04. The predicted octanol–water partition coefficient (Wildman–Crippen LogP) is 2.63. The monoisotopic (exact) mass is 231 g/mol. The van der Waals surface area contributed by atoms with Crippen LogP contribution >= 0.6 is 0 Å². The molecule has 0 saturated carbocycles. The minimum Gasteiger partial charge on any atom is -0.478 e. The maximum absolute atomic E-state index is 11.4. The molecule has 2 N–H and O–H groups in total.